The van der Waals surface area contributed by atoms with Crippen molar-refractivity contribution in [1.82, 2.24) is 4.98 Å². The third kappa shape index (κ3) is 2.63. The van der Waals surface area contributed by atoms with Gasteiger partial charge in [-0.05, 0) is 30.2 Å². The highest BCUT2D eigenvalue weighted by molar-refractivity contribution is 8.00. The quantitative estimate of drug-likeness (QED) is 0.937. The van der Waals surface area contributed by atoms with Crippen molar-refractivity contribution in [1.29, 1.82) is 0 Å². The Bertz CT molecular complexity index is 620. The van der Waals surface area contributed by atoms with Crippen LogP contribution in [0.1, 0.15) is 16.1 Å². The second kappa shape index (κ2) is 5.54. The molecule has 1 N–H and O–H groups in total. The monoisotopic (exact) mass is 287 g/mol. The van der Waals surface area contributed by atoms with Crippen LogP contribution in [0.15, 0.2) is 47.5 Å². The van der Waals surface area contributed by atoms with E-state index in [9.17, 15) is 4.79 Å². The van der Waals surface area contributed by atoms with E-state index in [1.807, 2.05) is 12.1 Å². The maximum atomic E-state index is 11.0. The van der Waals surface area contributed by atoms with Gasteiger partial charge in [0.2, 0.25) is 0 Å². The third-order valence-corrected chi connectivity index (χ3v) is 4.40. The molecule has 20 heavy (non-hydrogen) atoms. The number of hydrogen-bond donors (Lipinski definition) is 1. The lowest BCUT2D eigenvalue weighted by atomic mass is 10.1. The molecular formula is C15H13NO3S. The summed E-state index contributed by atoms with van der Waals surface area (Å²) in [5, 5.41) is 9.37. The normalized spacial score (nSPS) is 16.7. The molecule has 0 radical (unpaired) electrons. The molecule has 2 aromatic rings. The highest BCUT2D eigenvalue weighted by Gasteiger charge is 2.23. The van der Waals surface area contributed by atoms with E-state index in [4.69, 9.17) is 9.84 Å². The van der Waals surface area contributed by atoms with Crippen molar-refractivity contribution in [2.24, 2.45) is 0 Å². The number of ether oxygens (including phenoxy) is 1. The number of pyridine rings is 1. The number of aromatic nitrogens is 1. The summed E-state index contributed by atoms with van der Waals surface area (Å²) in [7, 11) is 0. The van der Waals surface area contributed by atoms with Gasteiger partial charge in [0.05, 0.1) is 0 Å². The van der Waals surface area contributed by atoms with Gasteiger partial charge in [-0.25, -0.2) is 9.78 Å². The Morgan fingerprint density at radius 3 is 3.00 bits per heavy atom. The molecule has 2 heterocycles. The predicted octanol–water partition coefficient (Wildman–Crippen LogP) is 2.88. The molecule has 1 aliphatic heterocycles. The fourth-order valence-electron chi connectivity index (χ4n) is 2.20. The number of aromatic carboxylic acids is 1. The number of fused-ring (bicyclic) bond motifs is 1. The van der Waals surface area contributed by atoms with E-state index in [-0.39, 0.29) is 5.69 Å². The van der Waals surface area contributed by atoms with Crippen LogP contribution in [-0.4, -0.2) is 27.9 Å². The van der Waals surface area contributed by atoms with E-state index in [1.165, 1.54) is 16.7 Å². The van der Waals surface area contributed by atoms with E-state index in [1.54, 1.807) is 23.9 Å². The summed E-state index contributed by atoms with van der Waals surface area (Å²) in [6.07, 6.45) is 2.40. The number of benzene rings is 1. The SMILES string of the molecule is O=C(O)c1ncccc1OCC1Cc2ccccc2S1. The highest BCUT2D eigenvalue weighted by atomic mass is 32.2. The van der Waals surface area contributed by atoms with Crippen LogP contribution in [-0.2, 0) is 6.42 Å². The standard InChI is InChI=1S/C15H13NO3S/c17-15(18)14-12(5-3-7-16-14)19-9-11-8-10-4-1-2-6-13(10)20-11/h1-7,11H,8-9H2,(H,17,18). The summed E-state index contributed by atoms with van der Waals surface area (Å²) >= 11 is 1.78. The van der Waals surface area contributed by atoms with Crippen LogP contribution in [0, 0.1) is 0 Å². The molecule has 0 aliphatic carbocycles. The molecule has 1 aromatic carbocycles. The van der Waals surface area contributed by atoms with Crippen LogP contribution >= 0.6 is 11.8 Å². The van der Waals surface area contributed by atoms with Gasteiger partial charge in [-0.3, -0.25) is 0 Å². The van der Waals surface area contributed by atoms with E-state index in [0.29, 0.717) is 17.6 Å². The second-order valence-electron chi connectivity index (χ2n) is 4.52. The number of carbonyl (C=O) groups is 1. The molecule has 5 heteroatoms. The first-order valence-electron chi connectivity index (χ1n) is 6.29. The van der Waals surface area contributed by atoms with Gasteiger partial charge in [0.15, 0.2) is 11.4 Å². The van der Waals surface area contributed by atoms with Crippen molar-refractivity contribution in [3.63, 3.8) is 0 Å². The number of thioether (sulfide) groups is 1. The predicted molar refractivity (Wildman–Crippen MR) is 76.5 cm³/mol. The molecule has 1 aromatic heterocycles. The molecule has 0 fully saturated rings. The van der Waals surface area contributed by atoms with Crippen LogP contribution in [0.3, 0.4) is 0 Å². The zero-order valence-corrected chi connectivity index (χ0v) is 11.5. The summed E-state index contributed by atoms with van der Waals surface area (Å²) in [6, 6.07) is 11.6. The molecule has 0 saturated heterocycles. The van der Waals surface area contributed by atoms with Crippen LogP contribution in [0.5, 0.6) is 5.75 Å². The lowest BCUT2D eigenvalue weighted by molar-refractivity contribution is 0.0685. The minimum absolute atomic E-state index is 0.0342. The van der Waals surface area contributed by atoms with Crippen molar-refractivity contribution < 1.29 is 14.6 Å². The van der Waals surface area contributed by atoms with Crippen LogP contribution < -0.4 is 4.74 Å². The molecule has 0 spiro atoms. The Kier molecular flexibility index (Phi) is 3.60. The van der Waals surface area contributed by atoms with Crippen LogP contribution in [0.25, 0.3) is 0 Å². The minimum atomic E-state index is -1.07. The zero-order valence-electron chi connectivity index (χ0n) is 10.7. The van der Waals surface area contributed by atoms with Crippen molar-refractivity contribution in [2.45, 2.75) is 16.6 Å². The maximum absolute atomic E-state index is 11.0. The Balaban J connectivity index is 1.66. The summed E-state index contributed by atoms with van der Waals surface area (Å²) in [4.78, 5) is 16.2. The van der Waals surface area contributed by atoms with Crippen LogP contribution in [0.4, 0.5) is 0 Å². The molecule has 4 nitrogen and oxygen atoms in total. The van der Waals surface area contributed by atoms with E-state index < -0.39 is 5.97 Å². The second-order valence-corrected chi connectivity index (χ2v) is 5.86. The zero-order chi connectivity index (χ0) is 13.9. The molecule has 1 atom stereocenters. The van der Waals surface area contributed by atoms with Gasteiger partial charge in [0.1, 0.15) is 6.61 Å². The summed E-state index contributed by atoms with van der Waals surface area (Å²) in [5.41, 5.74) is 1.30. The fraction of sp³-hybridized carbons (Fsp3) is 0.200. The largest absolute Gasteiger partial charge is 0.490 e. The van der Waals surface area contributed by atoms with Gasteiger partial charge in [-0.1, -0.05) is 18.2 Å². The number of carboxylic acid groups (broad SMARTS) is 1. The van der Waals surface area contributed by atoms with E-state index in [2.05, 4.69) is 17.1 Å². The first-order valence-corrected chi connectivity index (χ1v) is 7.17. The van der Waals surface area contributed by atoms with Crippen molar-refractivity contribution >= 4 is 17.7 Å². The molecule has 102 valence electrons. The fourth-order valence-corrected chi connectivity index (χ4v) is 3.42. The van der Waals surface area contributed by atoms with Crippen molar-refractivity contribution in [3.05, 3.63) is 53.9 Å². The average Bonchev–Trinajstić information content (AvgIpc) is 2.88. The average molecular weight is 287 g/mol. The lowest BCUT2D eigenvalue weighted by Gasteiger charge is -2.12. The Morgan fingerprint density at radius 1 is 1.35 bits per heavy atom. The summed E-state index contributed by atoms with van der Waals surface area (Å²) in [6.45, 7) is 0.478. The number of carboxylic acids is 1. The molecule has 3 rings (SSSR count). The summed E-state index contributed by atoms with van der Waals surface area (Å²) < 4.78 is 5.65. The summed E-state index contributed by atoms with van der Waals surface area (Å²) in [5.74, 6) is -0.737. The van der Waals surface area contributed by atoms with Crippen molar-refractivity contribution in [2.75, 3.05) is 6.61 Å². The minimum Gasteiger partial charge on any atom is -0.490 e. The smallest absolute Gasteiger partial charge is 0.358 e. The Labute approximate surface area is 120 Å². The lowest BCUT2D eigenvalue weighted by Crippen LogP contribution is -2.15. The van der Waals surface area contributed by atoms with Crippen LogP contribution in [0.2, 0.25) is 0 Å². The first kappa shape index (κ1) is 13.0. The topological polar surface area (TPSA) is 59.4 Å². The molecule has 1 unspecified atom stereocenters. The van der Waals surface area contributed by atoms with Gasteiger partial charge in [-0.15, -0.1) is 11.8 Å². The van der Waals surface area contributed by atoms with Crippen molar-refractivity contribution in [3.8, 4) is 5.75 Å². The van der Waals surface area contributed by atoms with Gasteiger partial charge in [0.25, 0.3) is 0 Å². The maximum Gasteiger partial charge on any atom is 0.358 e. The molecular weight excluding hydrogens is 274 g/mol. The molecule has 0 saturated carbocycles. The Morgan fingerprint density at radius 2 is 2.20 bits per heavy atom. The molecule has 0 amide bonds. The van der Waals surface area contributed by atoms with Gasteiger partial charge >= 0.3 is 5.97 Å². The molecule has 0 bridgehead atoms. The highest BCUT2D eigenvalue weighted by Crippen LogP contribution is 2.37. The third-order valence-electron chi connectivity index (χ3n) is 3.11. The first-order chi connectivity index (χ1) is 9.74. The Hall–Kier alpha value is -2.01. The van der Waals surface area contributed by atoms with E-state index in [0.717, 1.165) is 6.42 Å². The number of rotatable bonds is 4. The number of hydrogen-bond acceptors (Lipinski definition) is 4. The molecule has 1 aliphatic rings. The van der Waals surface area contributed by atoms with E-state index >= 15 is 0 Å². The van der Waals surface area contributed by atoms with Gasteiger partial charge < -0.3 is 9.84 Å². The van der Waals surface area contributed by atoms with Gasteiger partial charge in [0, 0.05) is 16.3 Å². The van der Waals surface area contributed by atoms with Gasteiger partial charge in [-0.2, -0.15) is 0 Å². The number of nitrogens with zero attached hydrogens (tertiary/aromatic N) is 1.